The summed E-state index contributed by atoms with van der Waals surface area (Å²) in [7, 11) is 0. The molecule has 2 rings (SSSR count). The number of aromatic carboxylic acids is 1. The highest BCUT2D eigenvalue weighted by Crippen LogP contribution is 2.23. The van der Waals surface area contributed by atoms with Crippen molar-refractivity contribution in [2.24, 2.45) is 0 Å². The highest BCUT2D eigenvalue weighted by molar-refractivity contribution is 7.17. The van der Waals surface area contributed by atoms with Gasteiger partial charge in [-0.05, 0) is 19.8 Å². The van der Waals surface area contributed by atoms with Gasteiger partial charge in [-0.15, -0.1) is 0 Å². The maximum Gasteiger partial charge on any atom is 0.347 e. The van der Waals surface area contributed by atoms with Gasteiger partial charge < -0.3 is 5.11 Å². The van der Waals surface area contributed by atoms with Gasteiger partial charge in [-0.3, -0.25) is 5.43 Å². The van der Waals surface area contributed by atoms with E-state index in [-0.39, 0.29) is 0 Å². The first-order chi connectivity index (χ1) is 7.66. The van der Waals surface area contributed by atoms with Gasteiger partial charge in [-0.1, -0.05) is 17.8 Å². The predicted molar refractivity (Wildman–Crippen MR) is 62.9 cm³/mol. The number of hydrogen-bond donors (Lipinski definition) is 2. The predicted octanol–water partition coefficient (Wildman–Crippen LogP) is 1.96. The fraction of sp³-hybridized carbons (Fsp3) is 0.600. The molecule has 5 nitrogen and oxygen atoms in total. The van der Waals surface area contributed by atoms with Crippen LogP contribution in [0.1, 0.15) is 34.6 Å². The van der Waals surface area contributed by atoms with Crippen molar-refractivity contribution in [2.75, 3.05) is 18.5 Å². The summed E-state index contributed by atoms with van der Waals surface area (Å²) in [6, 6.07) is 0. The zero-order valence-electron chi connectivity index (χ0n) is 9.19. The molecule has 0 atom stereocenters. The molecule has 0 spiro atoms. The minimum atomic E-state index is -0.901. The lowest BCUT2D eigenvalue weighted by Crippen LogP contribution is -2.34. The lowest BCUT2D eigenvalue weighted by molar-refractivity contribution is 0.0701. The van der Waals surface area contributed by atoms with Crippen LogP contribution in [0.2, 0.25) is 0 Å². The quantitative estimate of drug-likeness (QED) is 0.847. The van der Waals surface area contributed by atoms with Gasteiger partial charge in [0, 0.05) is 13.1 Å². The molecular formula is C10H15N3O2S. The van der Waals surface area contributed by atoms with Crippen molar-refractivity contribution in [3.05, 3.63) is 10.6 Å². The van der Waals surface area contributed by atoms with Crippen molar-refractivity contribution in [1.82, 2.24) is 9.99 Å². The monoisotopic (exact) mass is 241 g/mol. The lowest BCUT2D eigenvalue weighted by atomic mass is 10.2. The molecule has 1 aliphatic heterocycles. The summed E-state index contributed by atoms with van der Waals surface area (Å²) in [4.78, 5) is 15.4. The molecule has 1 saturated heterocycles. The molecule has 1 aromatic heterocycles. The molecule has 2 N–H and O–H groups in total. The van der Waals surface area contributed by atoms with Gasteiger partial charge in [0.05, 0.1) is 5.69 Å². The van der Waals surface area contributed by atoms with E-state index in [1.54, 1.807) is 6.92 Å². The third-order valence-corrected chi connectivity index (χ3v) is 3.65. The fourth-order valence-electron chi connectivity index (χ4n) is 1.78. The Morgan fingerprint density at radius 2 is 2.12 bits per heavy atom. The number of thiazole rings is 1. The Labute approximate surface area is 98.1 Å². The van der Waals surface area contributed by atoms with Crippen LogP contribution in [0.15, 0.2) is 0 Å². The molecule has 0 unspecified atom stereocenters. The second-order valence-electron chi connectivity index (χ2n) is 3.90. The molecule has 6 heteroatoms. The van der Waals surface area contributed by atoms with Crippen LogP contribution in [0.25, 0.3) is 0 Å². The number of anilines is 1. The third-order valence-electron chi connectivity index (χ3n) is 2.60. The standard InChI is InChI=1S/C10H15N3O2S/c1-7-8(9(14)15)16-10(11-7)12-13-5-3-2-4-6-13/h2-6H2,1H3,(H,11,12)(H,14,15). The van der Waals surface area contributed by atoms with Crippen LogP contribution in [0.3, 0.4) is 0 Å². The van der Waals surface area contributed by atoms with Crippen molar-refractivity contribution in [2.45, 2.75) is 26.2 Å². The smallest absolute Gasteiger partial charge is 0.347 e. The number of hydrazine groups is 1. The molecule has 0 aromatic carbocycles. The van der Waals surface area contributed by atoms with Crippen molar-refractivity contribution >= 4 is 22.4 Å². The Morgan fingerprint density at radius 1 is 1.44 bits per heavy atom. The molecule has 0 bridgehead atoms. The third kappa shape index (κ3) is 2.51. The van der Waals surface area contributed by atoms with E-state index in [4.69, 9.17) is 5.11 Å². The van der Waals surface area contributed by atoms with Crippen LogP contribution >= 0.6 is 11.3 Å². The SMILES string of the molecule is Cc1nc(NN2CCCCC2)sc1C(=O)O. The number of hydrogen-bond acceptors (Lipinski definition) is 5. The highest BCUT2D eigenvalue weighted by atomic mass is 32.1. The summed E-state index contributed by atoms with van der Waals surface area (Å²) < 4.78 is 0. The second-order valence-corrected chi connectivity index (χ2v) is 4.90. The van der Waals surface area contributed by atoms with E-state index in [1.165, 1.54) is 30.6 Å². The number of nitrogens with one attached hydrogen (secondary N) is 1. The van der Waals surface area contributed by atoms with Gasteiger partial charge in [0.25, 0.3) is 0 Å². The van der Waals surface area contributed by atoms with E-state index in [0.717, 1.165) is 13.1 Å². The molecule has 0 aliphatic carbocycles. The zero-order valence-corrected chi connectivity index (χ0v) is 10.0. The molecule has 1 aromatic rings. The average molecular weight is 241 g/mol. The number of aryl methyl sites for hydroxylation is 1. The van der Waals surface area contributed by atoms with E-state index >= 15 is 0 Å². The zero-order chi connectivity index (χ0) is 11.5. The number of piperidine rings is 1. The maximum atomic E-state index is 10.9. The first-order valence-corrected chi connectivity index (χ1v) is 6.21. The van der Waals surface area contributed by atoms with E-state index in [0.29, 0.717) is 15.7 Å². The van der Waals surface area contributed by atoms with Gasteiger partial charge in [0.2, 0.25) is 0 Å². The molecule has 0 saturated carbocycles. The molecular weight excluding hydrogens is 226 g/mol. The molecule has 88 valence electrons. The Morgan fingerprint density at radius 3 is 2.69 bits per heavy atom. The minimum Gasteiger partial charge on any atom is -0.477 e. The maximum absolute atomic E-state index is 10.9. The number of carboxylic acids is 1. The summed E-state index contributed by atoms with van der Waals surface area (Å²) >= 11 is 1.20. The van der Waals surface area contributed by atoms with Gasteiger partial charge >= 0.3 is 5.97 Å². The Bertz CT molecular complexity index is 385. The molecule has 1 aliphatic rings. The number of aromatic nitrogens is 1. The van der Waals surface area contributed by atoms with Crippen molar-refractivity contribution in [3.63, 3.8) is 0 Å². The highest BCUT2D eigenvalue weighted by Gasteiger charge is 2.16. The number of nitrogens with zero attached hydrogens (tertiary/aromatic N) is 2. The van der Waals surface area contributed by atoms with Gasteiger partial charge in [0.15, 0.2) is 5.13 Å². The van der Waals surface area contributed by atoms with Crippen molar-refractivity contribution in [1.29, 1.82) is 0 Å². The van der Waals surface area contributed by atoms with Crippen LogP contribution in [0, 0.1) is 6.92 Å². The van der Waals surface area contributed by atoms with E-state index < -0.39 is 5.97 Å². The van der Waals surface area contributed by atoms with Gasteiger partial charge in [0.1, 0.15) is 4.88 Å². The topological polar surface area (TPSA) is 65.5 Å². The summed E-state index contributed by atoms with van der Waals surface area (Å²) in [5, 5.41) is 11.7. The van der Waals surface area contributed by atoms with Crippen molar-refractivity contribution in [3.8, 4) is 0 Å². The fourth-order valence-corrected chi connectivity index (χ4v) is 2.61. The lowest BCUT2D eigenvalue weighted by Gasteiger charge is -2.26. The minimum absolute atomic E-state index is 0.319. The Kier molecular flexibility index (Phi) is 3.40. The second kappa shape index (κ2) is 4.80. The normalized spacial score (nSPS) is 17.3. The van der Waals surface area contributed by atoms with Crippen LogP contribution in [0.4, 0.5) is 5.13 Å². The molecule has 1 fully saturated rings. The van der Waals surface area contributed by atoms with Crippen LogP contribution < -0.4 is 5.43 Å². The summed E-state index contributed by atoms with van der Waals surface area (Å²) in [6.07, 6.45) is 3.64. The van der Waals surface area contributed by atoms with E-state index in [1.807, 2.05) is 0 Å². The Balaban J connectivity index is 2.03. The van der Waals surface area contributed by atoms with Gasteiger partial charge in [-0.2, -0.15) is 0 Å². The number of rotatable bonds is 3. The van der Waals surface area contributed by atoms with E-state index in [9.17, 15) is 4.79 Å². The molecule has 2 heterocycles. The first kappa shape index (κ1) is 11.3. The van der Waals surface area contributed by atoms with Crippen LogP contribution in [-0.2, 0) is 0 Å². The number of carboxylic acid groups (broad SMARTS) is 1. The summed E-state index contributed by atoms with van der Waals surface area (Å²) in [5.41, 5.74) is 3.75. The van der Waals surface area contributed by atoms with Gasteiger partial charge in [-0.25, -0.2) is 14.8 Å². The molecule has 0 amide bonds. The largest absolute Gasteiger partial charge is 0.477 e. The van der Waals surface area contributed by atoms with Crippen LogP contribution in [0.5, 0.6) is 0 Å². The van der Waals surface area contributed by atoms with Crippen LogP contribution in [-0.4, -0.2) is 34.2 Å². The average Bonchev–Trinajstić information content (AvgIpc) is 2.61. The van der Waals surface area contributed by atoms with E-state index in [2.05, 4.69) is 15.4 Å². The summed E-state index contributed by atoms with van der Waals surface area (Å²) in [6.45, 7) is 3.73. The first-order valence-electron chi connectivity index (χ1n) is 5.39. The molecule has 16 heavy (non-hydrogen) atoms. The Hall–Kier alpha value is -1.14. The number of carbonyl (C=O) groups is 1. The van der Waals surface area contributed by atoms with Crippen molar-refractivity contribution < 1.29 is 9.90 Å². The summed E-state index contributed by atoms with van der Waals surface area (Å²) in [5.74, 6) is -0.901. The molecule has 0 radical (unpaired) electrons.